The van der Waals surface area contributed by atoms with Gasteiger partial charge in [0.25, 0.3) is 17.5 Å². The number of rotatable bonds is 5. The number of hydrogen-bond donors (Lipinski definition) is 0. The Morgan fingerprint density at radius 3 is 2.13 bits per heavy atom. The molecule has 0 N–H and O–H groups in total. The smallest absolute Gasteiger partial charge is 0.278 e. The van der Waals surface area contributed by atoms with Crippen LogP contribution in [0.15, 0.2) is 54.2 Å². The van der Waals surface area contributed by atoms with Gasteiger partial charge in [0.1, 0.15) is 11.5 Å². The molecule has 30 heavy (non-hydrogen) atoms. The van der Waals surface area contributed by atoms with Gasteiger partial charge in [-0.2, -0.15) is 0 Å². The lowest BCUT2D eigenvalue weighted by atomic mass is 10.0. The minimum atomic E-state index is -0.508. The highest BCUT2D eigenvalue weighted by atomic mass is 19.1. The van der Waals surface area contributed by atoms with Gasteiger partial charge in [0, 0.05) is 25.2 Å². The summed E-state index contributed by atoms with van der Waals surface area (Å²) < 4.78 is 13.2. The summed E-state index contributed by atoms with van der Waals surface area (Å²) in [6, 6.07) is 11.3. The number of piperidine rings is 1. The molecular formula is C22H20FN3O4. The summed E-state index contributed by atoms with van der Waals surface area (Å²) in [6.07, 6.45) is 2.92. The lowest BCUT2D eigenvalue weighted by molar-refractivity contribution is -0.384. The molecule has 2 aromatic rings. The predicted molar refractivity (Wildman–Crippen MR) is 107 cm³/mol. The molecule has 0 saturated carbocycles. The zero-order chi connectivity index (χ0) is 21.3. The van der Waals surface area contributed by atoms with E-state index >= 15 is 0 Å². The van der Waals surface area contributed by atoms with Crippen molar-refractivity contribution in [1.29, 1.82) is 0 Å². The van der Waals surface area contributed by atoms with Crippen molar-refractivity contribution >= 4 is 23.1 Å². The molecule has 0 aliphatic carbocycles. The molecule has 0 aromatic heterocycles. The minimum absolute atomic E-state index is 0.0335. The number of carbonyl (C=O) groups excluding carboxylic acids is 2. The molecule has 2 aromatic carbocycles. The number of likely N-dealkylation sites (tertiary alicyclic amines) is 1. The van der Waals surface area contributed by atoms with E-state index in [2.05, 4.69) is 0 Å². The van der Waals surface area contributed by atoms with E-state index in [1.165, 1.54) is 36.4 Å². The summed E-state index contributed by atoms with van der Waals surface area (Å²) in [5, 5.41) is 11.0. The molecule has 1 saturated heterocycles. The van der Waals surface area contributed by atoms with Crippen LogP contribution in [-0.2, 0) is 16.1 Å². The Hall–Kier alpha value is -3.55. The maximum Gasteiger partial charge on any atom is 0.278 e. The van der Waals surface area contributed by atoms with Crippen LogP contribution in [0.25, 0.3) is 5.57 Å². The van der Waals surface area contributed by atoms with Crippen LogP contribution in [0.1, 0.15) is 30.4 Å². The van der Waals surface area contributed by atoms with Crippen molar-refractivity contribution in [2.75, 3.05) is 13.1 Å². The van der Waals surface area contributed by atoms with Crippen LogP contribution in [0.4, 0.5) is 10.1 Å². The average molecular weight is 409 g/mol. The van der Waals surface area contributed by atoms with Gasteiger partial charge in [-0.25, -0.2) is 4.39 Å². The van der Waals surface area contributed by atoms with Crippen LogP contribution in [0.3, 0.4) is 0 Å². The molecule has 0 bridgehead atoms. The highest BCUT2D eigenvalue weighted by Crippen LogP contribution is 2.34. The van der Waals surface area contributed by atoms with Gasteiger partial charge in [0.2, 0.25) is 0 Å². The Balaban J connectivity index is 1.72. The number of benzene rings is 2. The van der Waals surface area contributed by atoms with Crippen molar-refractivity contribution in [3.8, 4) is 0 Å². The summed E-state index contributed by atoms with van der Waals surface area (Å²) in [7, 11) is 0. The lowest BCUT2D eigenvalue weighted by Gasteiger charge is -2.29. The fourth-order valence-corrected chi connectivity index (χ4v) is 3.90. The van der Waals surface area contributed by atoms with Crippen molar-refractivity contribution < 1.29 is 18.9 Å². The molecule has 2 aliphatic rings. The molecule has 0 spiro atoms. The second-order valence-corrected chi connectivity index (χ2v) is 7.40. The fraction of sp³-hybridized carbons (Fsp3) is 0.273. The number of nitro benzene ring substituents is 1. The van der Waals surface area contributed by atoms with Gasteiger partial charge in [-0.15, -0.1) is 0 Å². The maximum absolute atomic E-state index is 13.3. The molecule has 4 rings (SSSR count). The van der Waals surface area contributed by atoms with Crippen LogP contribution in [-0.4, -0.2) is 39.6 Å². The number of hydrogen-bond acceptors (Lipinski definition) is 5. The molecule has 8 heteroatoms. The molecule has 154 valence electrons. The molecule has 0 unspecified atom stereocenters. The SMILES string of the molecule is O=C1C(c2ccc([N+](=O)[O-])cc2)=C(N2CCCCC2)C(=O)N1Cc1ccc(F)cc1. The number of halogens is 1. The Bertz CT molecular complexity index is 1030. The zero-order valence-corrected chi connectivity index (χ0v) is 16.2. The van der Waals surface area contributed by atoms with E-state index in [4.69, 9.17) is 0 Å². The highest BCUT2D eigenvalue weighted by molar-refractivity contribution is 6.35. The predicted octanol–water partition coefficient (Wildman–Crippen LogP) is 3.50. The third kappa shape index (κ3) is 3.68. The molecule has 2 amide bonds. The number of imide groups is 1. The minimum Gasteiger partial charge on any atom is -0.366 e. The Morgan fingerprint density at radius 2 is 1.53 bits per heavy atom. The quantitative estimate of drug-likeness (QED) is 0.429. The molecule has 1 fully saturated rings. The Morgan fingerprint density at radius 1 is 0.900 bits per heavy atom. The van der Waals surface area contributed by atoms with Gasteiger partial charge in [0.15, 0.2) is 0 Å². The number of nitro groups is 1. The lowest BCUT2D eigenvalue weighted by Crippen LogP contribution is -2.36. The second-order valence-electron chi connectivity index (χ2n) is 7.40. The summed E-state index contributed by atoms with van der Waals surface area (Å²) in [6.45, 7) is 1.39. The standard InChI is InChI=1S/C22H20FN3O4/c23-17-8-4-15(5-9-17)14-25-21(27)19(16-6-10-18(11-7-16)26(29)30)20(22(25)28)24-12-2-1-3-13-24/h4-11H,1-3,12-14H2. The molecule has 2 heterocycles. The van der Waals surface area contributed by atoms with E-state index < -0.39 is 16.6 Å². The Kier molecular flexibility index (Phi) is 5.31. The van der Waals surface area contributed by atoms with Crippen molar-refractivity contribution in [3.63, 3.8) is 0 Å². The van der Waals surface area contributed by atoms with Crippen LogP contribution < -0.4 is 0 Å². The summed E-state index contributed by atoms with van der Waals surface area (Å²) in [4.78, 5) is 40.1. The van der Waals surface area contributed by atoms with Gasteiger partial charge in [0.05, 0.1) is 17.0 Å². The molecule has 0 atom stereocenters. The summed E-state index contributed by atoms with van der Waals surface area (Å²) in [5.74, 6) is -1.23. The first-order chi connectivity index (χ1) is 14.5. The van der Waals surface area contributed by atoms with Crippen molar-refractivity contribution in [3.05, 3.63) is 81.3 Å². The second kappa shape index (κ2) is 8.06. The molecule has 2 aliphatic heterocycles. The normalized spacial score (nSPS) is 17.1. The van der Waals surface area contributed by atoms with Crippen molar-refractivity contribution in [2.24, 2.45) is 0 Å². The van der Waals surface area contributed by atoms with E-state index in [1.54, 1.807) is 12.1 Å². The average Bonchev–Trinajstić information content (AvgIpc) is 3.00. The monoisotopic (exact) mass is 409 g/mol. The van der Waals surface area contributed by atoms with Gasteiger partial charge in [-0.3, -0.25) is 24.6 Å². The zero-order valence-electron chi connectivity index (χ0n) is 16.2. The van der Waals surface area contributed by atoms with Gasteiger partial charge in [-0.1, -0.05) is 12.1 Å². The highest BCUT2D eigenvalue weighted by Gasteiger charge is 2.41. The van der Waals surface area contributed by atoms with Gasteiger partial charge in [-0.05, 0) is 54.7 Å². The van der Waals surface area contributed by atoms with Crippen LogP contribution in [0, 0.1) is 15.9 Å². The van der Waals surface area contributed by atoms with E-state index in [1.807, 2.05) is 4.90 Å². The number of amides is 2. The van der Waals surface area contributed by atoms with Crippen LogP contribution >= 0.6 is 0 Å². The maximum atomic E-state index is 13.3. The topological polar surface area (TPSA) is 83.8 Å². The van der Waals surface area contributed by atoms with E-state index in [0.717, 1.165) is 24.2 Å². The van der Waals surface area contributed by atoms with E-state index in [9.17, 15) is 24.1 Å². The van der Waals surface area contributed by atoms with Crippen LogP contribution in [0.2, 0.25) is 0 Å². The molecule has 0 radical (unpaired) electrons. The third-order valence-corrected chi connectivity index (χ3v) is 5.44. The number of non-ortho nitro benzene ring substituents is 1. The molecule has 7 nitrogen and oxygen atoms in total. The first kappa shape index (κ1) is 19.8. The van der Waals surface area contributed by atoms with Gasteiger partial charge < -0.3 is 4.90 Å². The van der Waals surface area contributed by atoms with Crippen LogP contribution in [0.5, 0.6) is 0 Å². The van der Waals surface area contributed by atoms with Crippen molar-refractivity contribution in [1.82, 2.24) is 9.80 Å². The first-order valence-corrected chi connectivity index (χ1v) is 9.80. The van der Waals surface area contributed by atoms with Crippen molar-refractivity contribution in [2.45, 2.75) is 25.8 Å². The number of nitrogens with zero attached hydrogens (tertiary/aromatic N) is 3. The molecular weight excluding hydrogens is 389 g/mol. The van der Waals surface area contributed by atoms with Gasteiger partial charge >= 0.3 is 0 Å². The Labute approximate surface area is 172 Å². The summed E-state index contributed by atoms with van der Waals surface area (Å²) >= 11 is 0. The first-order valence-electron chi connectivity index (χ1n) is 9.80. The van der Waals surface area contributed by atoms with E-state index in [0.29, 0.717) is 29.9 Å². The fourth-order valence-electron chi connectivity index (χ4n) is 3.90. The van der Waals surface area contributed by atoms with E-state index in [-0.39, 0.29) is 23.7 Å². The summed E-state index contributed by atoms with van der Waals surface area (Å²) in [5.41, 5.74) is 1.63. The largest absolute Gasteiger partial charge is 0.366 e. The third-order valence-electron chi connectivity index (χ3n) is 5.44. The number of carbonyl (C=O) groups is 2.